The number of hydrogen-bond acceptors (Lipinski definition) is 3. The SMILES string of the molecule is CC(=O)Nc1ccc2[nH]nc(-c3ccc4ccccc4c3)c2n1. The average molecular weight is 302 g/mol. The maximum atomic E-state index is 11.2. The van der Waals surface area contributed by atoms with Crippen LogP contribution in [-0.2, 0) is 4.79 Å². The number of hydrogen-bond donors (Lipinski definition) is 2. The zero-order valence-corrected chi connectivity index (χ0v) is 12.5. The van der Waals surface area contributed by atoms with Gasteiger partial charge in [-0.15, -0.1) is 0 Å². The fourth-order valence-electron chi connectivity index (χ4n) is 2.69. The summed E-state index contributed by atoms with van der Waals surface area (Å²) >= 11 is 0. The van der Waals surface area contributed by atoms with E-state index in [1.807, 2.05) is 24.3 Å². The number of carbonyl (C=O) groups excluding carboxylic acids is 1. The van der Waals surface area contributed by atoms with Gasteiger partial charge in [-0.25, -0.2) is 4.98 Å². The van der Waals surface area contributed by atoms with Crippen molar-refractivity contribution < 1.29 is 4.79 Å². The summed E-state index contributed by atoms with van der Waals surface area (Å²) in [6, 6.07) is 18.0. The highest BCUT2D eigenvalue weighted by Crippen LogP contribution is 2.28. The smallest absolute Gasteiger partial charge is 0.222 e. The average Bonchev–Trinajstić information content (AvgIpc) is 2.97. The molecule has 2 aromatic carbocycles. The molecule has 0 saturated carbocycles. The normalized spacial score (nSPS) is 11.0. The van der Waals surface area contributed by atoms with Gasteiger partial charge in [0.25, 0.3) is 0 Å². The van der Waals surface area contributed by atoms with Crippen molar-refractivity contribution in [2.45, 2.75) is 6.92 Å². The van der Waals surface area contributed by atoms with E-state index < -0.39 is 0 Å². The van der Waals surface area contributed by atoms with Gasteiger partial charge in [-0.3, -0.25) is 9.89 Å². The number of fused-ring (bicyclic) bond motifs is 2. The molecule has 0 spiro atoms. The van der Waals surface area contributed by atoms with Crippen LogP contribution in [-0.4, -0.2) is 21.1 Å². The third kappa shape index (κ3) is 2.42. The molecular formula is C18H14N4O. The van der Waals surface area contributed by atoms with Crippen molar-refractivity contribution in [1.82, 2.24) is 15.2 Å². The fraction of sp³-hybridized carbons (Fsp3) is 0.0556. The Kier molecular flexibility index (Phi) is 3.05. The van der Waals surface area contributed by atoms with Crippen LogP contribution >= 0.6 is 0 Å². The summed E-state index contributed by atoms with van der Waals surface area (Å²) in [5.41, 5.74) is 3.34. The summed E-state index contributed by atoms with van der Waals surface area (Å²) < 4.78 is 0. The van der Waals surface area contributed by atoms with Crippen molar-refractivity contribution >= 4 is 33.5 Å². The summed E-state index contributed by atoms with van der Waals surface area (Å²) in [6.45, 7) is 1.46. The Morgan fingerprint density at radius 2 is 1.87 bits per heavy atom. The van der Waals surface area contributed by atoms with Crippen LogP contribution in [0.5, 0.6) is 0 Å². The molecule has 0 unspecified atom stereocenters. The van der Waals surface area contributed by atoms with Gasteiger partial charge in [-0.1, -0.05) is 36.4 Å². The van der Waals surface area contributed by atoms with Gasteiger partial charge in [-0.05, 0) is 29.0 Å². The third-order valence-electron chi connectivity index (χ3n) is 3.73. The molecule has 0 aliphatic carbocycles. The highest BCUT2D eigenvalue weighted by Gasteiger charge is 2.11. The minimum atomic E-state index is -0.146. The molecule has 4 rings (SSSR count). The molecule has 0 aliphatic rings. The van der Waals surface area contributed by atoms with Crippen molar-refractivity contribution in [3.8, 4) is 11.3 Å². The predicted octanol–water partition coefficient (Wildman–Crippen LogP) is 3.74. The number of anilines is 1. The number of nitrogens with zero attached hydrogens (tertiary/aromatic N) is 2. The van der Waals surface area contributed by atoms with Gasteiger partial charge in [0.2, 0.25) is 5.91 Å². The zero-order valence-electron chi connectivity index (χ0n) is 12.5. The summed E-state index contributed by atoms with van der Waals surface area (Å²) in [6.07, 6.45) is 0. The molecule has 0 saturated heterocycles. The number of benzene rings is 2. The number of rotatable bonds is 2. The highest BCUT2D eigenvalue weighted by atomic mass is 16.1. The molecular weight excluding hydrogens is 288 g/mol. The molecule has 5 heteroatoms. The van der Waals surface area contributed by atoms with Crippen molar-refractivity contribution in [2.75, 3.05) is 5.32 Å². The summed E-state index contributed by atoms with van der Waals surface area (Å²) in [7, 11) is 0. The quantitative estimate of drug-likeness (QED) is 0.592. The predicted molar refractivity (Wildman–Crippen MR) is 91.1 cm³/mol. The second-order valence-electron chi connectivity index (χ2n) is 5.41. The van der Waals surface area contributed by atoms with Crippen LogP contribution in [0.2, 0.25) is 0 Å². The number of amides is 1. The Morgan fingerprint density at radius 1 is 1.04 bits per heavy atom. The molecule has 2 N–H and O–H groups in total. The maximum Gasteiger partial charge on any atom is 0.222 e. The molecule has 1 amide bonds. The van der Waals surface area contributed by atoms with Crippen LogP contribution < -0.4 is 5.32 Å². The van der Waals surface area contributed by atoms with Crippen LogP contribution in [0.25, 0.3) is 33.1 Å². The first-order valence-corrected chi connectivity index (χ1v) is 7.32. The molecule has 0 radical (unpaired) electrons. The van der Waals surface area contributed by atoms with Crippen LogP contribution in [0.3, 0.4) is 0 Å². The van der Waals surface area contributed by atoms with Crippen molar-refractivity contribution in [2.24, 2.45) is 0 Å². The van der Waals surface area contributed by atoms with E-state index in [0.717, 1.165) is 27.7 Å². The van der Waals surface area contributed by atoms with Gasteiger partial charge in [0.05, 0.1) is 5.52 Å². The molecule has 0 fully saturated rings. The Hall–Kier alpha value is -3.21. The van der Waals surface area contributed by atoms with Gasteiger partial charge in [-0.2, -0.15) is 5.10 Å². The number of H-pyrrole nitrogens is 1. The van der Waals surface area contributed by atoms with Gasteiger partial charge in [0.1, 0.15) is 17.0 Å². The standard InChI is InChI=1S/C18H14N4O/c1-11(23)19-16-9-8-15-18(20-16)17(22-21-15)14-7-6-12-4-2-3-5-13(12)10-14/h2-10H,1H3,(H,21,22)(H,19,20,23). The van der Waals surface area contributed by atoms with Gasteiger partial charge >= 0.3 is 0 Å². The topological polar surface area (TPSA) is 70.7 Å². The van der Waals surface area contributed by atoms with E-state index in [0.29, 0.717) is 5.82 Å². The molecule has 0 bridgehead atoms. The number of pyridine rings is 1. The number of aromatic nitrogens is 3. The first-order chi connectivity index (χ1) is 11.2. The second-order valence-corrected chi connectivity index (χ2v) is 5.41. The molecule has 0 atom stereocenters. The van der Waals surface area contributed by atoms with Crippen molar-refractivity contribution in [3.05, 3.63) is 54.6 Å². The van der Waals surface area contributed by atoms with Crippen molar-refractivity contribution in [1.29, 1.82) is 0 Å². The summed E-state index contributed by atoms with van der Waals surface area (Å²) in [4.78, 5) is 15.7. The van der Waals surface area contributed by atoms with E-state index in [1.165, 1.54) is 12.3 Å². The molecule has 2 aromatic heterocycles. The lowest BCUT2D eigenvalue weighted by Crippen LogP contribution is -2.07. The first-order valence-electron chi connectivity index (χ1n) is 7.32. The van der Waals surface area contributed by atoms with Gasteiger partial charge < -0.3 is 5.32 Å². The van der Waals surface area contributed by atoms with Crippen LogP contribution in [0.1, 0.15) is 6.92 Å². The van der Waals surface area contributed by atoms with Gasteiger partial charge in [0.15, 0.2) is 0 Å². The lowest BCUT2D eigenvalue weighted by Gasteiger charge is -2.03. The lowest BCUT2D eigenvalue weighted by molar-refractivity contribution is -0.114. The minimum absolute atomic E-state index is 0.146. The number of aromatic amines is 1. The lowest BCUT2D eigenvalue weighted by atomic mass is 10.0. The van der Waals surface area contributed by atoms with E-state index in [9.17, 15) is 4.79 Å². The summed E-state index contributed by atoms with van der Waals surface area (Å²) in [5, 5.41) is 12.4. The Bertz CT molecular complexity index is 1040. The van der Waals surface area contributed by atoms with Crippen molar-refractivity contribution in [3.63, 3.8) is 0 Å². The largest absolute Gasteiger partial charge is 0.311 e. The Balaban J connectivity index is 1.87. The Morgan fingerprint density at radius 3 is 2.70 bits per heavy atom. The monoisotopic (exact) mass is 302 g/mol. The molecule has 4 aromatic rings. The molecule has 23 heavy (non-hydrogen) atoms. The molecule has 112 valence electrons. The third-order valence-corrected chi connectivity index (χ3v) is 3.73. The number of nitrogens with one attached hydrogen (secondary N) is 2. The molecule has 2 heterocycles. The van der Waals surface area contributed by atoms with E-state index in [4.69, 9.17) is 0 Å². The number of carbonyl (C=O) groups is 1. The Labute approximate surface area is 132 Å². The maximum absolute atomic E-state index is 11.2. The van der Waals surface area contributed by atoms with Gasteiger partial charge in [0, 0.05) is 12.5 Å². The fourth-order valence-corrected chi connectivity index (χ4v) is 2.69. The van der Waals surface area contributed by atoms with E-state index in [-0.39, 0.29) is 5.91 Å². The van der Waals surface area contributed by atoms with E-state index >= 15 is 0 Å². The molecule has 5 nitrogen and oxygen atoms in total. The zero-order chi connectivity index (χ0) is 15.8. The minimum Gasteiger partial charge on any atom is -0.311 e. The van der Waals surface area contributed by atoms with Crippen LogP contribution in [0.4, 0.5) is 5.82 Å². The van der Waals surface area contributed by atoms with E-state index in [2.05, 4.69) is 44.8 Å². The van der Waals surface area contributed by atoms with Crippen LogP contribution in [0, 0.1) is 0 Å². The highest BCUT2D eigenvalue weighted by molar-refractivity contribution is 5.95. The van der Waals surface area contributed by atoms with E-state index in [1.54, 1.807) is 6.07 Å². The summed E-state index contributed by atoms with van der Waals surface area (Å²) in [5.74, 6) is 0.376. The van der Waals surface area contributed by atoms with Crippen LogP contribution in [0.15, 0.2) is 54.6 Å². The molecule has 0 aliphatic heterocycles. The first kappa shape index (κ1) is 13.5. The second kappa shape index (κ2) is 5.21.